The van der Waals surface area contributed by atoms with E-state index in [-0.39, 0.29) is 45.2 Å². The van der Waals surface area contributed by atoms with Crippen LogP contribution in [0.4, 0.5) is 5.69 Å². The molecule has 1 aromatic rings. The molecule has 5 nitrogen and oxygen atoms in total. The van der Waals surface area contributed by atoms with E-state index in [0.717, 1.165) is 22.1 Å². The van der Waals surface area contributed by atoms with Crippen molar-refractivity contribution >= 4 is 39.4 Å². The number of carbonyl (C=O) groups excluding carboxylic acids is 1. The molecule has 1 aliphatic heterocycles. The maximum absolute atomic E-state index is 12.0. The summed E-state index contributed by atoms with van der Waals surface area (Å²) in [4.78, 5) is 16.2. The minimum Gasteiger partial charge on any atom is -0.485 e. The van der Waals surface area contributed by atoms with Crippen LogP contribution in [-0.2, 0) is 25.2 Å². The monoisotopic (exact) mass is 532 g/mol. The summed E-state index contributed by atoms with van der Waals surface area (Å²) >= 11 is 3.38. The zero-order chi connectivity index (χ0) is 20.5. The molecule has 1 aliphatic rings. The SMILES string of the molecule is CC.CC.CCCNC(=O)C1=Cc2ccc(Br)cc2N=C([NH-])C1.CCO.[Pd]. The first kappa shape index (κ1) is 30.7. The zero-order valence-electron chi connectivity index (χ0n) is 17.1. The topological polar surface area (TPSA) is 85.5 Å². The van der Waals surface area contributed by atoms with Crippen LogP contribution in [0.25, 0.3) is 11.8 Å². The smallest absolute Gasteiger partial charge is 0.247 e. The molecule has 0 spiro atoms. The van der Waals surface area contributed by atoms with Crippen molar-refractivity contribution in [3.63, 3.8) is 0 Å². The van der Waals surface area contributed by atoms with Crippen molar-refractivity contribution in [1.82, 2.24) is 5.32 Å². The number of aliphatic imine (C=N–C) groups is 1. The van der Waals surface area contributed by atoms with E-state index in [1.807, 2.05) is 58.9 Å². The number of hydrogen-bond acceptors (Lipinski definition) is 3. The number of aliphatic hydroxyl groups excluding tert-OH is 1. The molecular formula is C20H33BrN3O2Pd-. The third-order valence-electron chi connectivity index (χ3n) is 2.76. The van der Waals surface area contributed by atoms with Gasteiger partial charge in [0.1, 0.15) is 0 Å². The molecule has 0 unspecified atom stereocenters. The number of halogens is 1. The van der Waals surface area contributed by atoms with Crippen LogP contribution in [0.2, 0.25) is 0 Å². The minimum absolute atomic E-state index is 0. The third kappa shape index (κ3) is 12.9. The molecule has 0 saturated carbocycles. The molecule has 0 saturated heterocycles. The van der Waals surface area contributed by atoms with Crippen molar-refractivity contribution in [2.45, 2.75) is 54.4 Å². The van der Waals surface area contributed by atoms with Gasteiger partial charge in [-0.05, 0) is 49.2 Å². The van der Waals surface area contributed by atoms with Crippen LogP contribution in [0, 0.1) is 0 Å². The van der Waals surface area contributed by atoms with Gasteiger partial charge in [-0.15, -0.1) is 0 Å². The first-order valence-corrected chi connectivity index (χ1v) is 9.99. The summed E-state index contributed by atoms with van der Waals surface area (Å²) < 4.78 is 0.912. The number of rotatable bonds is 3. The fourth-order valence-corrected chi connectivity index (χ4v) is 2.19. The molecule has 7 heteroatoms. The number of amidine groups is 1. The summed E-state index contributed by atoms with van der Waals surface area (Å²) in [6.07, 6.45) is 2.98. The molecule has 1 heterocycles. The van der Waals surface area contributed by atoms with E-state index in [9.17, 15) is 4.79 Å². The maximum atomic E-state index is 12.0. The first-order valence-electron chi connectivity index (χ1n) is 9.20. The second kappa shape index (κ2) is 19.8. The molecule has 0 fully saturated rings. The van der Waals surface area contributed by atoms with E-state index in [0.29, 0.717) is 12.1 Å². The Kier molecular flexibility index (Phi) is 22.5. The van der Waals surface area contributed by atoms with Crippen molar-refractivity contribution in [2.24, 2.45) is 4.99 Å². The van der Waals surface area contributed by atoms with Crippen molar-refractivity contribution in [3.05, 3.63) is 39.5 Å². The molecular weight excluding hydrogens is 501 g/mol. The number of fused-ring (bicyclic) bond motifs is 1. The summed E-state index contributed by atoms with van der Waals surface area (Å²) in [6, 6.07) is 5.66. The molecule has 3 N–H and O–H groups in total. The largest absolute Gasteiger partial charge is 0.485 e. The number of hydrogen-bond donors (Lipinski definition) is 2. The molecule has 27 heavy (non-hydrogen) atoms. The number of aliphatic hydroxyl groups is 1. The fraction of sp³-hybridized carbons (Fsp3) is 0.500. The van der Waals surface area contributed by atoms with Crippen molar-refractivity contribution in [1.29, 1.82) is 0 Å². The number of benzene rings is 1. The third-order valence-corrected chi connectivity index (χ3v) is 3.26. The van der Waals surface area contributed by atoms with Crippen LogP contribution in [0.1, 0.15) is 59.9 Å². The second-order valence-corrected chi connectivity index (χ2v) is 5.60. The van der Waals surface area contributed by atoms with Gasteiger partial charge in [0, 0.05) is 43.6 Å². The van der Waals surface area contributed by atoms with Crippen LogP contribution in [0.3, 0.4) is 0 Å². The number of amides is 1. The molecule has 1 amide bonds. The Hall–Kier alpha value is -0.998. The predicted octanol–water partition coefficient (Wildman–Crippen LogP) is 5.89. The van der Waals surface area contributed by atoms with Gasteiger partial charge in [-0.2, -0.15) is 0 Å². The molecule has 1 aromatic carbocycles. The van der Waals surface area contributed by atoms with Crippen molar-refractivity contribution in [2.75, 3.05) is 13.2 Å². The average molecular weight is 534 g/mol. The van der Waals surface area contributed by atoms with Crippen molar-refractivity contribution in [3.8, 4) is 0 Å². The average Bonchev–Trinajstić information content (AvgIpc) is 2.81. The number of nitrogens with zero attached hydrogens (tertiary/aromatic N) is 1. The Morgan fingerprint density at radius 1 is 1.26 bits per heavy atom. The molecule has 0 atom stereocenters. The normalized spacial score (nSPS) is 11.0. The fourth-order valence-electron chi connectivity index (χ4n) is 1.84. The summed E-state index contributed by atoms with van der Waals surface area (Å²) in [6.45, 7) is 12.6. The van der Waals surface area contributed by atoms with Gasteiger partial charge in [-0.1, -0.05) is 62.5 Å². The molecule has 0 aromatic heterocycles. The zero-order valence-corrected chi connectivity index (χ0v) is 20.3. The van der Waals surface area contributed by atoms with E-state index >= 15 is 0 Å². The Balaban J connectivity index is -0.000000639. The van der Waals surface area contributed by atoms with Gasteiger partial charge >= 0.3 is 0 Å². The summed E-state index contributed by atoms with van der Waals surface area (Å²) in [5.74, 6) is 0.0901. The van der Waals surface area contributed by atoms with Gasteiger partial charge in [0.05, 0.1) is 0 Å². The Morgan fingerprint density at radius 3 is 2.33 bits per heavy atom. The summed E-state index contributed by atoms with van der Waals surface area (Å²) in [5, 5.41) is 10.4. The van der Waals surface area contributed by atoms with Gasteiger partial charge in [0.25, 0.3) is 0 Å². The first-order chi connectivity index (χ1) is 12.5. The van der Waals surface area contributed by atoms with Crippen molar-refractivity contribution < 1.29 is 30.3 Å². The van der Waals surface area contributed by atoms with E-state index in [1.54, 1.807) is 6.92 Å². The van der Waals surface area contributed by atoms with Crippen LogP contribution in [0.15, 0.2) is 33.2 Å². The van der Waals surface area contributed by atoms with E-state index < -0.39 is 0 Å². The number of nitrogens with one attached hydrogen (secondary N) is 2. The van der Waals surface area contributed by atoms with Crippen LogP contribution in [0.5, 0.6) is 0 Å². The maximum Gasteiger partial charge on any atom is 0.247 e. The summed E-state index contributed by atoms with van der Waals surface area (Å²) in [5.41, 5.74) is 10.0. The van der Waals surface area contributed by atoms with Gasteiger partial charge in [0.15, 0.2) is 0 Å². The molecule has 158 valence electrons. The van der Waals surface area contributed by atoms with Crippen LogP contribution in [-0.4, -0.2) is 30.0 Å². The van der Waals surface area contributed by atoms with E-state index in [4.69, 9.17) is 10.8 Å². The summed E-state index contributed by atoms with van der Waals surface area (Å²) in [7, 11) is 0. The van der Waals surface area contributed by atoms with E-state index in [2.05, 4.69) is 26.2 Å². The second-order valence-electron chi connectivity index (χ2n) is 4.68. The minimum atomic E-state index is -0.113. The Bertz CT molecular complexity index is 591. The van der Waals surface area contributed by atoms with Gasteiger partial charge < -0.3 is 21.1 Å². The molecule has 2 rings (SSSR count). The predicted molar refractivity (Wildman–Crippen MR) is 117 cm³/mol. The Labute approximate surface area is 186 Å². The van der Waals surface area contributed by atoms with Crippen LogP contribution < -0.4 is 5.32 Å². The van der Waals surface area contributed by atoms with E-state index in [1.165, 1.54) is 0 Å². The molecule has 0 bridgehead atoms. The van der Waals surface area contributed by atoms with Gasteiger partial charge in [-0.3, -0.25) is 4.79 Å². The molecule has 0 radical (unpaired) electrons. The van der Waals surface area contributed by atoms with Crippen LogP contribution >= 0.6 is 15.9 Å². The Morgan fingerprint density at radius 2 is 1.81 bits per heavy atom. The quantitative estimate of drug-likeness (QED) is 0.475. The van der Waals surface area contributed by atoms with Gasteiger partial charge in [-0.25, -0.2) is 0 Å². The van der Waals surface area contributed by atoms with Gasteiger partial charge in [0.2, 0.25) is 5.91 Å². The number of carbonyl (C=O) groups is 1. The standard InChI is InChI=1S/C14H16BrN3O.C2H6O.2C2H6.Pd/c1-2-5-17-14(19)10-6-9-3-4-11(15)8-12(9)18-13(16)7-10;1-2-3;2*1-2;/h3-4,6,8H,2,5,7H2,1H3,(H3,16,17,18,19);3H,2H2,1H3;2*1-2H3;/p-1. The molecule has 0 aliphatic carbocycles.